The summed E-state index contributed by atoms with van der Waals surface area (Å²) >= 11 is 0. The molecule has 32 heavy (non-hydrogen) atoms. The number of nitrogens with zero attached hydrogens (tertiary/aromatic N) is 1. The third-order valence-electron chi connectivity index (χ3n) is 6.00. The molecule has 0 saturated heterocycles. The van der Waals surface area contributed by atoms with Gasteiger partial charge in [0, 0.05) is 36.3 Å². The molecular weight excluding hydrogens is 426 g/mol. The van der Waals surface area contributed by atoms with Gasteiger partial charge in [-0.1, -0.05) is 19.1 Å². The van der Waals surface area contributed by atoms with E-state index in [1.54, 1.807) is 12.1 Å². The van der Waals surface area contributed by atoms with Crippen LogP contribution in [0, 0.1) is 5.92 Å². The molecule has 4 rings (SSSR count). The number of aryl methyl sites for hydroxylation is 1. The Balaban J connectivity index is 1.36. The topological polar surface area (TPSA) is 95.6 Å². The first-order valence-electron chi connectivity index (χ1n) is 11.1. The lowest BCUT2D eigenvalue weighted by Crippen LogP contribution is -2.36. The third-order valence-corrected chi connectivity index (χ3v) is 7.46. The maximum absolute atomic E-state index is 12.7. The van der Waals surface area contributed by atoms with E-state index in [4.69, 9.17) is 0 Å². The summed E-state index contributed by atoms with van der Waals surface area (Å²) in [6.45, 7) is 4.03. The van der Waals surface area contributed by atoms with Crippen molar-refractivity contribution in [2.24, 2.45) is 5.92 Å². The van der Waals surface area contributed by atoms with Gasteiger partial charge < -0.3 is 10.2 Å². The van der Waals surface area contributed by atoms with Crippen LogP contribution in [0.15, 0.2) is 47.4 Å². The predicted molar refractivity (Wildman–Crippen MR) is 124 cm³/mol. The van der Waals surface area contributed by atoms with Gasteiger partial charge in [0.05, 0.1) is 4.90 Å². The Bertz CT molecular complexity index is 1140. The number of nitrogens with one attached hydrogen (secondary N) is 2. The van der Waals surface area contributed by atoms with Crippen molar-refractivity contribution >= 4 is 33.2 Å². The summed E-state index contributed by atoms with van der Waals surface area (Å²) < 4.78 is 28.0. The van der Waals surface area contributed by atoms with E-state index in [9.17, 15) is 18.0 Å². The van der Waals surface area contributed by atoms with E-state index >= 15 is 0 Å². The van der Waals surface area contributed by atoms with Crippen molar-refractivity contribution in [2.75, 3.05) is 16.8 Å². The fourth-order valence-corrected chi connectivity index (χ4v) is 5.19. The van der Waals surface area contributed by atoms with E-state index in [1.807, 2.05) is 43.0 Å². The number of rotatable bonds is 8. The van der Waals surface area contributed by atoms with Crippen molar-refractivity contribution in [1.82, 2.24) is 4.72 Å². The summed E-state index contributed by atoms with van der Waals surface area (Å²) in [5.74, 6) is 0.00231. The quantitative estimate of drug-likeness (QED) is 0.639. The first-order valence-corrected chi connectivity index (χ1v) is 12.6. The number of fused-ring (bicyclic) bond motifs is 1. The molecule has 0 spiro atoms. The Hall–Kier alpha value is -2.71. The van der Waals surface area contributed by atoms with Crippen molar-refractivity contribution in [3.8, 4) is 0 Å². The molecule has 1 fully saturated rings. The highest BCUT2D eigenvalue weighted by atomic mass is 32.2. The van der Waals surface area contributed by atoms with E-state index in [0.29, 0.717) is 12.1 Å². The molecule has 170 valence electrons. The number of carbonyl (C=O) groups excluding carboxylic acids is 2. The molecule has 0 radical (unpaired) electrons. The third kappa shape index (κ3) is 4.86. The molecule has 2 amide bonds. The van der Waals surface area contributed by atoms with Crippen LogP contribution in [-0.4, -0.2) is 32.8 Å². The van der Waals surface area contributed by atoms with Crippen molar-refractivity contribution in [3.05, 3.63) is 53.6 Å². The van der Waals surface area contributed by atoms with Crippen LogP contribution in [-0.2, 0) is 32.5 Å². The molecule has 7 nitrogen and oxygen atoms in total. The van der Waals surface area contributed by atoms with Crippen LogP contribution in [0.3, 0.4) is 0 Å². The van der Waals surface area contributed by atoms with Gasteiger partial charge in [0.25, 0.3) is 0 Å². The molecule has 0 bridgehead atoms. The van der Waals surface area contributed by atoms with Gasteiger partial charge in [0.1, 0.15) is 0 Å². The second-order valence-corrected chi connectivity index (χ2v) is 10.3. The molecule has 1 unspecified atom stereocenters. The van der Waals surface area contributed by atoms with E-state index in [1.165, 1.54) is 6.07 Å². The summed E-state index contributed by atoms with van der Waals surface area (Å²) in [7, 11) is -3.75. The summed E-state index contributed by atoms with van der Waals surface area (Å²) in [5, 5.41) is 2.80. The number of hydrogen-bond donors (Lipinski definition) is 2. The van der Waals surface area contributed by atoms with Crippen LogP contribution in [0.2, 0.25) is 0 Å². The number of benzene rings is 2. The molecule has 2 aromatic carbocycles. The standard InChI is InChI=1S/C24H29N3O4S/c1-3-17-5-4-6-20(14-17)26-23(28)11-12-25-32(30,31)21-9-10-22-19(15-21)13-16(2)27(22)24(29)18-7-8-18/h4-6,9-10,14-16,18,25H,3,7-8,11-13H2,1-2H3,(H,26,28). The lowest BCUT2D eigenvalue weighted by atomic mass is 10.1. The minimum atomic E-state index is -3.75. The van der Waals surface area contributed by atoms with Gasteiger partial charge in [-0.15, -0.1) is 0 Å². The molecule has 1 aliphatic heterocycles. The van der Waals surface area contributed by atoms with Crippen LogP contribution in [0.5, 0.6) is 0 Å². The van der Waals surface area contributed by atoms with Gasteiger partial charge in [-0.3, -0.25) is 9.59 Å². The van der Waals surface area contributed by atoms with Crippen molar-refractivity contribution < 1.29 is 18.0 Å². The number of amides is 2. The molecule has 2 aliphatic rings. The highest BCUT2D eigenvalue weighted by Crippen LogP contribution is 2.39. The number of sulfonamides is 1. The molecule has 2 N–H and O–H groups in total. The molecule has 1 atom stereocenters. The van der Waals surface area contributed by atoms with Gasteiger partial charge in [0.15, 0.2) is 0 Å². The van der Waals surface area contributed by atoms with Crippen LogP contribution in [0.1, 0.15) is 44.2 Å². The van der Waals surface area contributed by atoms with Crippen molar-refractivity contribution in [3.63, 3.8) is 0 Å². The number of carbonyl (C=O) groups is 2. The summed E-state index contributed by atoms with van der Waals surface area (Å²) in [4.78, 5) is 26.8. The van der Waals surface area contributed by atoms with Gasteiger partial charge in [-0.25, -0.2) is 13.1 Å². The predicted octanol–water partition coefficient (Wildman–Crippen LogP) is 3.24. The van der Waals surface area contributed by atoms with E-state index in [0.717, 1.165) is 36.1 Å². The first kappa shape index (κ1) is 22.5. The molecular formula is C24H29N3O4S. The lowest BCUT2D eigenvalue weighted by molar-refractivity contribution is -0.120. The fraction of sp³-hybridized carbons (Fsp3) is 0.417. The van der Waals surface area contributed by atoms with E-state index < -0.39 is 10.0 Å². The fourth-order valence-electron chi connectivity index (χ4n) is 4.11. The van der Waals surface area contributed by atoms with Crippen LogP contribution in [0.25, 0.3) is 0 Å². The molecule has 2 aromatic rings. The summed E-state index contributed by atoms with van der Waals surface area (Å²) in [6, 6.07) is 12.5. The lowest BCUT2D eigenvalue weighted by Gasteiger charge is -2.22. The summed E-state index contributed by atoms with van der Waals surface area (Å²) in [6.07, 6.45) is 3.41. The second-order valence-electron chi connectivity index (χ2n) is 8.58. The Morgan fingerprint density at radius 1 is 1.12 bits per heavy atom. The largest absolute Gasteiger partial charge is 0.326 e. The molecule has 1 aliphatic carbocycles. The minimum absolute atomic E-state index is 0.00140. The van der Waals surface area contributed by atoms with Gasteiger partial charge in [-0.05, 0) is 74.1 Å². The van der Waals surface area contributed by atoms with Crippen LogP contribution < -0.4 is 14.9 Å². The number of hydrogen-bond acceptors (Lipinski definition) is 4. The Morgan fingerprint density at radius 2 is 1.91 bits per heavy atom. The van der Waals surface area contributed by atoms with E-state index in [2.05, 4.69) is 10.0 Å². The molecule has 0 aromatic heterocycles. The Kier molecular flexibility index (Phi) is 6.35. The van der Waals surface area contributed by atoms with Crippen LogP contribution in [0.4, 0.5) is 11.4 Å². The first-order chi connectivity index (χ1) is 15.3. The Morgan fingerprint density at radius 3 is 2.62 bits per heavy atom. The maximum Gasteiger partial charge on any atom is 0.240 e. The van der Waals surface area contributed by atoms with Crippen molar-refractivity contribution in [2.45, 2.75) is 56.9 Å². The van der Waals surface area contributed by atoms with E-state index in [-0.39, 0.29) is 41.6 Å². The van der Waals surface area contributed by atoms with Crippen molar-refractivity contribution in [1.29, 1.82) is 0 Å². The highest BCUT2D eigenvalue weighted by molar-refractivity contribution is 7.89. The van der Waals surface area contributed by atoms with Gasteiger partial charge in [0.2, 0.25) is 21.8 Å². The number of anilines is 2. The maximum atomic E-state index is 12.7. The highest BCUT2D eigenvalue weighted by Gasteiger charge is 2.39. The SMILES string of the molecule is CCc1cccc(NC(=O)CCNS(=O)(=O)c2ccc3c(c2)CC(C)N3C(=O)C2CC2)c1. The van der Waals surface area contributed by atoms with Crippen LogP contribution >= 0.6 is 0 Å². The second kappa shape index (κ2) is 9.03. The Labute approximate surface area is 189 Å². The zero-order chi connectivity index (χ0) is 22.9. The van der Waals surface area contributed by atoms with Gasteiger partial charge in [-0.2, -0.15) is 0 Å². The average molecular weight is 456 g/mol. The summed E-state index contributed by atoms with van der Waals surface area (Å²) in [5.41, 5.74) is 3.49. The molecule has 8 heteroatoms. The van der Waals surface area contributed by atoms with Gasteiger partial charge >= 0.3 is 0 Å². The normalized spacial score (nSPS) is 17.8. The monoisotopic (exact) mass is 455 g/mol. The minimum Gasteiger partial charge on any atom is -0.326 e. The molecule has 1 saturated carbocycles. The average Bonchev–Trinajstić information content (AvgIpc) is 3.55. The zero-order valence-electron chi connectivity index (χ0n) is 18.4. The molecule has 1 heterocycles. The smallest absolute Gasteiger partial charge is 0.240 e. The zero-order valence-corrected chi connectivity index (χ0v) is 19.2.